The van der Waals surface area contributed by atoms with E-state index in [1.807, 2.05) is 31.2 Å². The van der Waals surface area contributed by atoms with Crippen LogP contribution in [0.25, 0.3) is 0 Å². The van der Waals surface area contributed by atoms with Crippen molar-refractivity contribution in [3.8, 4) is 5.75 Å². The summed E-state index contributed by atoms with van der Waals surface area (Å²) in [4.78, 5) is 12.2. The number of hydrogen-bond acceptors (Lipinski definition) is 3. The molecule has 1 saturated carbocycles. The summed E-state index contributed by atoms with van der Waals surface area (Å²) in [6.07, 6.45) is 2.90. The highest BCUT2D eigenvalue weighted by molar-refractivity contribution is 5.80. The molecule has 1 amide bonds. The van der Waals surface area contributed by atoms with E-state index in [4.69, 9.17) is 10.5 Å². The van der Waals surface area contributed by atoms with Crippen molar-refractivity contribution in [2.75, 3.05) is 7.11 Å². The number of methoxy groups -OCH3 is 1. The van der Waals surface area contributed by atoms with Crippen molar-refractivity contribution in [3.05, 3.63) is 29.8 Å². The lowest BCUT2D eigenvalue weighted by Crippen LogP contribution is -2.39. The minimum atomic E-state index is -0.0342. The van der Waals surface area contributed by atoms with Gasteiger partial charge in [-0.2, -0.15) is 0 Å². The van der Waals surface area contributed by atoms with Gasteiger partial charge in [-0.25, -0.2) is 0 Å². The second-order valence-electron chi connectivity index (χ2n) is 5.21. The molecule has 1 fully saturated rings. The van der Waals surface area contributed by atoms with Crippen LogP contribution in [0.4, 0.5) is 0 Å². The molecule has 4 heteroatoms. The Kier molecular flexibility index (Phi) is 4.43. The summed E-state index contributed by atoms with van der Waals surface area (Å²) in [6, 6.07) is 7.73. The second-order valence-corrected chi connectivity index (χ2v) is 5.21. The van der Waals surface area contributed by atoms with Crippen molar-refractivity contribution in [1.29, 1.82) is 0 Å². The maximum Gasteiger partial charge on any atom is 0.225 e. The van der Waals surface area contributed by atoms with Crippen molar-refractivity contribution in [1.82, 2.24) is 5.32 Å². The highest BCUT2D eigenvalue weighted by Crippen LogP contribution is 2.25. The molecule has 1 aromatic rings. The van der Waals surface area contributed by atoms with E-state index < -0.39 is 0 Å². The highest BCUT2D eigenvalue weighted by Gasteiger charge is 2.30. The Morgan fingerprint density at radius 1 is 1.47 bits per heavy atom. The van der Waals surface area contributed by atoms with Gasteiger partial charge in [0.25, 0.3) is 0 Å². The van der Waals surface area contributed by atoms with Crippen LogP contribution in [0.2, 0.25) is 0 Å². The van der Waals surface area contributed by atoms with Gasteiger partial charge in [-0.05, 0) is 37.5 Å². The van der Waals surface area contributed by atoms with Crippen LogP contribution in [0.5, 0.6) is 5.75 Å². The second kappa shape index (κ2) is 6.06. The molecular formula is C15H22N2O2. The summed E-state index contributed by atoms with van der Waals surface area (Å²) >= 11 is 0. The lowest BCUT2D eigenvalue weighted by atomic mass is 10.0. The largest absolute Gasteiger partial charge is 0.497 e. The first-order valence-corrected chi connectivity index (χ1v) is 6.81. The van der Waals surface area contributed by atoms with Crippen molar-refractivity contribution in [3.63, 3.8) is 0 Å². The van der Waals surface area contributed by atoms with Crippen molar-refractivity contribution >= 4 is 5.91 Å². The molecule has 104 valence electrons. The van der Waals surface area contributed by atoms with Gasteiger partial charge in [-0.3, -0.25) is 4.79 Å². The van der Waals surface area contributed by atoms with E-state index >= 15 is 0 Å². The van der Waals surface area contributed by atoms with Crippen LogP contribution < -0.4 is 15.8 Å². The smallest absolute Gasteiger partial charge is 0.225 e. The molecule has 1 aliphatic carbocycles. The molecule has 4 nitrogen and oxygen atoms in total. The third-order valence-corrected chi connectivity index (χ3v) is 3.86. The quantitative estimate of drug-likeness (QED) is 0.872. The van der Waals surface area contributed by atoms with Gasteiger partial charge in [0, 0.05) is 6.04 Å². The molecule has 0 bridgehead atoms. The van der Waals surface area contributed by atoms with Gasteiger partial charge in [0.2, 0.25) is 5.91 Å². The Hall–Kier alpha value is -1.55. The topological polar surface area (TPSA) is 64.3 Å². The lowest BCUT2D eigenvalue weighted by molar-refractivity contribution is -0.125. The Morgan fingerprint density at radius 2 is 2.26 bits per heavy atom. The van der Waals surface area contributed by atoms with Crippen LogP contribution in [0.1, 0.15) is 37.8 Å². The summed E-state index contributed by atoms with van der Waals surface area (Å²) < 4.78 is 5.19. The summed E-state index contributed by atoms with van der Waals surface area (Å²) in [5.41, 5.74) is 7.00. The summed E-state index contributed by atoms with van der Waals surface area (Å²) in [5.74, 6) is 0.838. The van der Waals surface area contributed by atoms with Crippen LogP contribution in [-0.2, 0) is 4.79 Å². The number of carbonyl (C=O) groups is 1. The van der Waals surface area contributed by atoms with E-state index in [2.05, 4.69) is 5.32 Å². The van der Waals surface area contributed by atoms with Gasteiger partial charge in [-0.15, -0.1) is 0 Å². The third-order valence-electron chi connectivity index (χ3n) is 3.86. The fourth-order valence-corrected chi connectivity index (χ4v) is 2.63. The molecule has 3 N–H and O–H groups in total. The van der Waals surface area contributed by atoms with Crippen molar-refractivity contribution in [2.45, 2.75) is 38.3 Å². The minimum Gasteiger partial charge on any atom is -0.497 e. The SMILES string of the molecule is COc1cccc(C(C)NC(=O)C2CCCC2N)c1. The number of ether oxygens (including phenoxy) is 1. The van der Waals surface area contributed by atoms with E-state index in [0.717, 1.165) is 30.6 Å². The molecule has 0 aliphatic heterocycles. The molecule has 0 radical (unpaired) electrons. The Morgan fingerprint density at radius 3 is 2.89 bits per heavy atom. The Balaban J connectivity index is 1.99. The molecule has 0 spiro atoms. The highest BCUT2D eigenvalue weighted by atomic mass is 16.5. The number of benzene rings is 1. The normalized spacial score (nSPS) is 23.9. The zero-order valence-electron chi connectivity index (χ0n) is 11.6. The van der Waals surface area contributed by atoms with E-state index in [-0.39, 0.29) is 23.9 Å². The first-order valence-electron chi connectivity index (χ1n) is 6.81. The zero-order chi connectivity index (χ0) is 13.8. The Bertz CT molecular complexity index is 448. The predicted molar refractivity (Wildman–Crippen MR) is 74.9 cm³/mol. The molecule has 0 aromatic heterocycles. The number of carbonyl (C=O) groups excluding carboxylic acids is 1. The number of nitrogens with one attached hydrogen (secondary N) is 1. The number of hydrogen-bond donors (Lipinski definition) is 2. The zero-order valence-corrected chi connectivity index (χ0v) is 11.6. The minimum absolute atomic E-state index is 0.0116. The monoisotopic (exact) mass is 262 g/mol. The van der Waals surface area contributed by atoms with Gasteiger partial charge < -0.3 is 15.8 Å². The standard InChI is InChI=1S/C15H22N2O2/c1-10(11-5-3-6-12(9-11)19-2)17-15(18)13-7-4-8-14(13)16/h3,5-6,9-10,13-14H,4,7-8,16H2,1-2H3,(H,17,18). The fourth-order valence-electron chi connectivity index (χ4n) is 2.63. The fraction of sp³-hybridized carbons (Fsp3) is 0.533. The molecular weight excluding hydrogens is 240 g/mol. The Labute approximate surface area is 114 Å². The summed E-state index contributed by atoms with van der Waals surface area (Å²) in [6.45, 7) is 1.98. The predicted octanol–water partition coefficient (Wildman–Crippen LogP) is 2.00. The van der Waals surface area contributed by atoms with Gasteiger partial charge in [0.1, 0.15) is 5.75 Å². The first-order chi connectivity index (χ1) is 9.11. The maximum absolute atomic E-state index is 12.2. The van der Waals surface area contributed by atoms with Crippen LogP contribution in [0.15, 0.2) is 24.3 Å². The average molecular weight is 262 g/mol. The summed E-state index contributed by atoms with van der Waals surface area (Å²) in [5, 5.41) is 3.05. The molecule has 3 unspecified atom stereocenters. The molecule has 1 aromatic carbocycles. The average Bonchev–Trinajstić information content (AvgIpc) is 2.85. The molecule has 0 heterocycles. The van der Waals surface area contributed by atoms with E-state index in [1.165, 1.54) is 0 Å². The van der Waals surface area contributed by atoms with Crippen molar-refractivity contribution in [2.24, 2.45) is 11.7 Å². The first kappa shape index (κ1) is 13.9. The van der Waals surface area contributed by atoms with E-state index in [1.54, 1.807) is 7.11 Å². The maximum atomic E-state index is 12.2. The molecule has 2 rings (SSSR count). The molecule has 3 atom stereocenters. The van der Waals surface area contributed by atoms with Crippen LogP contribution >= 0.6 is 0 Å². The number of nitrogens with two attached hydrogens (primary N) is 1. The van der Waals surface area contributed by atoms with Gasteiger partial charge in [-0.1, -0.05) is 18.6 Å². The van der Waals surface area contributed by atoms with Crippen LogP contribution in [0.3, 0.4) is 0 Å². The van der Waals surface area contributed by atoms with E-state index in [9.17, 15) is 4.79 Å². The number of amides is 1. The van der Waals surface area contributed by atoms with Gasteiger partial charge in [0.15, 0.2) is 0 Å². The lowest BCUT2D eigenvalue weighted by Gasteiger charge is -2.20. The van der Waals surface area contributed by atoms with Crippen LogP contribution in [0, 0.1) is 5.92 Å². The van der Waals surface area contributed by atoms with Crippen LogP contribution in [-0.4, -0.2) is 19.1 Å². The summed E-state index contributed by atoms with van der Waals surface area (Å²) in [7, 11) is 1.64. The van der Waals surface area contributed by atoms with Crippen molar-refractivity contribution < 1.29 is 9.53 Å². The van der Waals surface area contributed by atoms with E-state index in [0.29, 0.717) is 0 Å². The number of rotatable bonds is 4. The molecule has 19 heavy (non-hydrogen) atoms. The van der Waals surface area contributed by atoms with Gasteiger partial charge >= 0.3 is 0 Å². The van der Waals surface area contributed by atoms with Gasteiger partial charge in [0.05, 0.1) is 19.1 Å². The molecule has 1 aliphatic rings. The molecule has 0 saturated heterocycles. The third kappa shape index (κ3) is 3.26.